The molecule has 0 spiro atoms. The minimum atomic E-state index is -0.253. The molecule has 3 rings (SSSR count). The fraction of sp³-hybridized carbons (Fsp3) is 0.200. The average molecular weight is 342 g/mol. The van der Waals surface area contributed by atoms with Crippen molar-refractivity contribution >= 4 is 0 Å². The maximum atomic E-state index is 12.9. The SMILES string of the molecule is COc1cc(C[NH2+]Cc2ccco2)ccc1OCc1ccc(F)cc1. The number of hydrogen-bond donors (Lipinski definition) is 1. The fourth-order valence-corrected chi connectivity index (χ4v) is 2.51. The molecule has 0 atom stereocenters. The summed E-state index contributed by atoms with van der Waals surface area (Å²) in [4.78, 5) is 0. The zero-order valence-corrected chi connectivity index (χ0v) is 14.1. The van der Waals surface area contributed by atoms with Gasteiger partial charge in [-0.2, -0.15) is 0 Å². The minimum absolute atomic E-state index is 0.253. The molecule has 0 aliphatic heterocycles. The second-order valence-corrected chi connectivity index (χ2v) is 5.68. The van der Waals surface area contributed by atoms with E-state index >= 15 is 0 Å². The summed E-state index contributed by atoms with van der Waals surface area (Å²) in [5.74, 6) is 2.05. The predicted molar refractivity (Wildman–Crippen MR) is 91.8 cm³/mol. The standard InChI is InChI=1S/C20H20FNO3/c1-23-20-11-16(12-22-13-18-3-2-10-24-18)6-9-19(20)25-14-15-4-7-17(21)8-5-15/h2-11,22H,12-14H2,1H3/p+1. The Balaban J connectivity index is 1.57. The van der Waals surface area contributed by atoms with Crippen LogP contribution in [0, 0.1) is 5.82 Å². The molecule has 0 saturated heterocycles. The van der Waals surface area contributed by atoms with Crippen molar-refractivity contribution in [2.24, 2.45) is 0 Å². The highest BCUT2D eigenvalue weighted by molar-refractivity contribution is 5.42. The van der Waals surface area contributed by atoms with Crippen molar-refractivity contribution in [3.8, 4) is 11.5 Å². The molecule has 0 unspecified atom stereocenters. The first-order chi connectivity index (χ1) is 12.2. The summed E-state index contributed by atoms with van der Waals surface area (Å²) in [7, 11) is 1.62. The number of nitrogens with two attached hydrogens (primary N) is 1. The third-order valence-corrected chi connectivity index (χ3v) is 3.84. The molecule has 130 valence electrons. The van der Waals surface area contributed by atoms with Crippen molar-refractivity contribution in [3.63, 3.8) is 0 Å². The van der Waals surface area contributed by atoms with Crippen LogP contribution in [0.2, 0.25) is 0 Å². The Morgan fingerprint density at radius 2 is 1.76 bits per heavy atom. The maximum absolute atomic E-state index is 12.9. The molecule has 25 heavy (non-hydrogen) atoms. The van der Waals surface area contributed by atoms with E-state index < -0.39 is 0 Å². The van der Waals surface area contributed by atoms with E-state index in [-0.39, 0.29) is 5.82 Å². The van der Waals surface area contributed by atoms with Gasteiger partial charge in [-0.1, -0.05) is 12.1 Å². The first-order valence-electron chi connectivity index (χ1n) is 8.13. The van der Waals surface area contributed by atoms with Crippen molar-refractivity contribution in [1.82, 2.24) is 0 Å². The van der Waals surface area contributed by atoms with Crippen LogP contribution in [0.4, 0.5) is 4.39 Å². The molecule has 5 heteroatoms. The molecule has 1 heterocycles. The van der Waals surface area contributed by atoms with Gasteiger partial charge >= 0.3 is 0 Å². The van der Waals surface area contributed by atoms with E-state index in [1.54, 1.807) is 25.5 Å². The van der Waals surface area contributed by atoms with Crippen LogP contribution in [0.5, 0.6) is 11.5 Å². The third kappa shape index (κ3) is 4.84. The molecule has 4 nitrogen and oxygen atoms in total. The number of hydrogen-bond acceptors (Lipinski definition) is 3. The molecule has 2 aromatic carbocycles. The molecule has 2 N–H and O–H groups in total. The monoisotopic (exact) mass is 342 g/mol. The predicted octanol–water partition coefficient (Wildman–Crippen LogP) is 3.27. The zero-order chi connectivity index (χ0) is 17.5. The molecule has 0 fully saturated rings. The summed E-state index contributed by atoms with van der Waals surface area (Å²) in [6.45, 7) is 1.97. The Labute approximate surface area is 146 Å². The van der Waals surface area contributed by atoms with E-state index in [1.165, 1.54) is 12.1 Å². The molecular formula is C20H21FNO3+. The van der Waals surface area contributed by atoms with Crippen molar-refractivity contribution in [3.05, 3.63) is 83.6 Å². The third-order valence-electron chi connectivity index (χ3n) is 3.84. The summed E-state index contributed by atoms with van der Waals surface area (Å²) in [5.41, 5.74) is 2.04. The van der Waals surface area contributed by atoms with Crippen LogP contribution in [0.25, 0.3) is 0 Å². The van der Waals surface area contributed by atoms with E-state index in [4.69, 9.17) is 13.9 Å². The molecule has 0 aliphatic carbocycles. The van der Waals surface area contributed by atoms with Crippen molar-refractivity contribution in [1.29, 1.82) is 0 Å². The molecule has 0 amide bonds. The highest BCUT2D eigenvalue weighted by atomic mass is 19.1. The van der Waals surface area contributed by atoms with Crippen LogP contribution in [0.3, 0.4) is 0 Å². The largest absolute Gasteiger partial charge is 0.493 e. The quantitative estimate of drug-likeness (QED) is 0.683. The van der Waals surface area contributed by atoms with Gasteiger partial charge in [0.15, 0.2) is 17.3 Å². The summed E-state index contributed by atoms with van der Waals surface area (Å²) in [5, 5.41) is 2.16. The van der Waals surface area contributed by atoms with E-state index in [1.807, 2.05) is 30.3 Å². The van der Waals surface area contributed by atoms with E-state index in [0.717, 1.165) is 30.0 Å². The summed E-state index contributed by atoms with van der Waals surface area (Å²) in [6.07, 6.45) is 1.68. The lowest BCUT2D eigenvalue weighted by molar-refractivity contribution is -0.688. The van der Waals surface area contributed by atoms with Crippen LogP contribution in [0.15, 0.2) is 65.3 Å². The Morgan fingerprint density at radius 3 is 2.48 bits per heavy atom. The molecule has 0 saturated carbocycles. The molecule has 0 bridgehead atoms. The lowest BCUT2D eigenvalue weighted by atomic mass is 10.2. The molecular weight excluding hydrogens is 321 g/mol. The highest BCUT2D eigenvalue weighted by Crippen LogP contribution is 2.28. The van der Waals surface area contributed by atoms with Gasteiger partial charge in [-0.05, 0) is 48.0 Å². The number of quaternary nitrogens is 1. The second kappa shape index (κ2) is 8.35. The lowest BCUT2D eigenvalue weighted by Gasteiger charge is -2.12. The first-order valence-corrected chi connectivity index (χ1v) is 8.13. The van der Waals surface area contributed by atoms with Crippen LogP contribution in [-0.4, -0.2) is 7.11 Å². The number of benzene rings is 2. The lowest BCUT2D eigenvalue weighted by Crippen LogP contribution is -2.80. The Morgan fingerprint density at radius 1 is 0.960 bits per heavy atom. The molecule has 3 aromatic rings. The van der Waals surface area contributed by atoms with Gasteiger partial charge in [0, 0.05) is 5.56 Å². The minimum Gasteiger partial charge on any atom is -0.493 e. The van der Waals surface area contributed by atoms with Crippen LogP contribution in [-0.2, 0) is 19.7 Å². The van der Waals surface area contributed by atoms with Crippen molar-refractivity contribution < 1.29 is 23.6 Å². The van der Waals surface area contributed by atoms with Crippen LogP contribution < -0.4 is 14.8 Å². The van der Waals surface area contributed by atoms with Gasteiger partial charge < -0.3 is 19.2 Å². The van der Waals surface area contributed by atoms with Gasteiger partial charge in [-0.3, -0.25) is 0 Å². The van der Waals surface area contributed by atoms with Gasteiger partial charge in [0.2, 0.25) is 0 Å². The summed E-state index contributed by atoms with van der Waals surface area (Å²) < 4.78 is 29.5. The van der Waals surface area contributed by atoms with E-state index in [2.05, 4.69) is 5.32 Å². The van der Waals surface area contributed by atoms with Gasteiger partial charge in [0.1, 0.15) is 25.5 Å². The second-order valence-electron chi connectivity index (χ2n) is 5.68. The van der Waals surface area contributed by atoms with Crippen molar-refractivity contribution in [2.45, 2.75) is 19.7 Å². The smallest absolute Gasteiger partial charge is 0.161 e. The molecule has 0 aliphatic rings. The number of furan rings is 1. The molecule has 0 radical (unpaired) electrons. The fourth-order valence-electron chi connectivity index (χ4n) is 2.51. The van der Waals surface area contributed by atoms with E-state index in [9.17, 15) is 4.39 Å². The maximum Gasteiger partial charge on any atom is 0.161 e. The van der Waals surface area contributed by atoms with Gasteiger partial charge in [0.05, 0.1) is 13.4 Å². The summed E-state index contributed by atoms with van der Waals surface area (Å²) >= 11 is 0. The van der Waals surface area contributed by atoms with Gasteiger partial charge in [-0.15, -0.1) is 0 Å². The van der Waals surface area contributed by atoms with E-state index in [0.29, 0.717) is 18.1 Å². The zero-order valence-electron chi connectivity index (χ0n) is 14.1. The van der Waals surface area contributed by atoms with Crippen molar-refractivity contribution in [2.75, 3.05) is 7.11 Å². The van der Waals surface area contributed by atoms with Gasteiger partial charge in [0.25, 0.3) is 0 Å². The van der Waals surface area contributed by atoms with Crippen LogP contribution in [0.1, 0.15) is 16.9 Å². The Hall–Kier alpha value is -2.79. The average Bonchev–Trinajstić information content (AvgIpc) is 3.15. The normalized spacial score (nSPS) is 10.6. The Bertz CT molecular complexity index is 785. The number of ether oxygens (including phenoxy) is 2. The number of methoxy groups -OCH3 is 1. The number of rotatable bonds is 8. The van der Waals surface area contributed by atoms with Gasteiger partial charge in [-0.25, -0.2) is 4.39 Å². The first kappa shape index (κ1) is 17.0. The van der Waals surface area contributed by atoms with Crippen LogP contribution >= 0.6 is 0 Å². The highest BCUT2D eigenvalue weighted by Gasteiger charge is 2.08. The number of halogens is 1. The molecule has 1 aromatic heterocycles. The topological polar surface area (TPSA) is 48.2 Å². The summed E-state index contributed by atoms with van der Waals surface area (Å²) in [6, 6.07) is 16.0. The Kier molecular flexibility index (Phi) is 5.69.